The molecular weight excluding hydrogens is 448 g/mol. The van der Waals surface area contributed by atoms with Gasteiger partial charge in [0.25, 0.3) is 0 Å². The monoisotopic (exact) mass is 488 g/mol. The molecular formula is C28H40O7. The first-order valence-corrected chi connectivity index (χ1v) is 12.0. The number of esters is 3. The average Bonchev–Trinajstić information content (AvgIpc) is 2.86. The van der Waals surface area contributed by atoms with Crippen LogP contribution >= 0.6 is 0 Å². The number of methoxy groups -OCH3 is 1. The van der Waals surface area contributed by atoms with E-state index in [1.54, 1.807) is 0 Å². The van der Waals surface area contributed by atoms with Gasteiger partial charge in [0.15, 0.2) is 0 Å². The van der Waals surface area contributed by atoms with Crippen molar-refractivity contribution in [2.24, 2.45) is 0 Å². The summed E-state index contributed by atoms with van der Waals surface area (Å²) in [6.45, 7) is 1.51. The third-order valence-corrected chi connectivity index (χ3v) is 4.32. The first kappa shape index (κ1) is 31.8. The van der Waals surface area contributed by atoms with Crippen molar-refractivity contribution in [3.63, 3.8) is 0 Å². The number of aliphatic hydroxyl groups excluding tert-OH is 1. The van der Waals surface area contributed by atoms with Crippen molar-refractivity contribution in [3.05, 3.63) is 72.9 Å². The number of aliphatic hydroxyl groups is 1. The molecule has 0 aromatic heterocycles. The van der Waals surface area contributed by atoms with Crippen LogP contribution in [-0.4, -0.2) is 49.4 Å². The normalized spacial score (nSPS) is 13.1. The minimum absolute atomic E-state index is 0.239. The summed E-state index contributed by atoms with van der Waals surface area (Å²) in [7, 11) is 1.18. The molecule has 7 heteroatoms. The Bertz CT molecular complexity index is 757. The third kappa shape index (κ3) is 23.8. The van der Waals surface area contributed by atoms with Gasteiger partial charge in [0.2, 0.25) is 0 Å². The summed E-state index contributed by atoms with van der Waals surface area (Å²) in [5.74, 6) is -1.92. The van der Waals surface area contributed by atoms with Crippen LogP contribution in [0.15, 0.2) is 72.9 Å². The van der Waals surface area contributed by atoms with E-state index in [2.05, 4.69) is 66.3 Å². The minimum atomic E-state index is -1.14. The van der Waals surface area contributed by atoms with E-state index in [9.17, 15) is 19.5 Å². The van der Waals surface area contributed by atoms with E-state index in [0.29, 0.717) is 6.42 Å². The molecule has 0 aliphatic rings. The number of unbranched alkanes of at least 4 members (excludes halogenated alkanes) is 1. The van der Waals surface area contributed by atoms with E-state index in [1.165, 1.54) is 7.11 Å². The molecule has 1 N–H and O–H groups in total. The third-order valence-electron chi connectivity index (χ3n) is 4.32. The van der Waals surface area contributed by atoms with Gasteiger partial charge in [-0.15, -0.1) is 0 Å². The summed E-state index contributed by atoms with van der Waals surface area (Å²) >= 11 is 0. The zero-order valence-electron chi connectivity index (χ0n) is 21.0. The van der Waals surface area contributed by atoms with Crippen molar-refractivity contribution in [2.45, 2.75) is 64.4 Å². The summed E-state index contributed by atoms with van der Waals surface area (Å²) in [5.41, 5.74) is 0. The molecule has 0 fully saturated rings. The smallest absolute Gasteiger partial charge is 0.331 e. The summed E-state index contributed by atoms with van der Waals surface area (Å²) in [5, 5.41) is 9.69. The van der Waals surface area contributed by atoms with Gasteiger partial charge < -0.3 is 19.3 Å². The Hall–Kier alpha value is -3.19. The Kier molecular flexibility index (Phi) is 21.8. The molecule has 7 nitrogen and oxygen atoms in total. The predicted molar refractivity (Wildman–Crippen MR) is 137 cm³/mol. The van der Waals surface area contributed by atoms with Crippen LogP contribution in [0.1, 0.15) is 58.3 Å². The molecule has 194 valence electrons. The number of carbonyl (C=O) groups is 3. The van der Waals surface area contributed by atoms with Gasteiger partial charge in [-0.2, -0.15) is 0 Å². The fourth-order valence-corrected chi connectivity index (χ4v) is 2.47. The molecule has 0 aromatic carbocycles. The number of carbonyl (C=O) groups excluding carboxylic acids is 3. The molecule has 0 bridgehead atoms. The zero-order chi connectivity index (χ0) is 26.0. The Morgan fingerprint density at radius 3 is 1.74 bits per heavy atom. The molecule has 1 atom stereocenters. The van der Waals surface area contributed by atoms with Crippen molar-refractivity contribution in [1.82, 2.24) is 0 Å². The highest BCUT2D eigenvalue weighted by molar-refractivity contribution is 5.91. The van der Waals surface area contributed by atoms with Crippen molar-refractivity contribution in [3.8, 4) is 0 Å². The number of ether oxygens (including phenoxy) is 3. The maximum atomic E-state index is 11.7. The fourth-order valence-electron chi connectivity index (χ4n) is 2.47. The molecule has 35 heavy (non-hydrogen) atoms. The van der Waals surface area contributed by atoms with Crippen LogP contribution in [-0.2, 0) is 28.6 Å². The molecule has 0 spiro atoms. The van der Waals surface area contributed by atoms with Gasteiger partial charge in [-0.25, -0.2) is 9.59 Å². The second-order valence-electron chi connectivity index (χ2n) is 7.42. The number of allylic oxidation sites excluding steroid dienone is 10. The minimum Gasteiger partial charge on any atom is -0.466 e. The van der Waals surface area contributed by atoms with E-state index in [0.717, 1.165) is 50.7 Å². The number of hydrogen-bond donors (Lipinski definition) is 1. The van der Waals surface area contributed by atoms with E-state index in [1.807, 2.05) is 6.08 Å². The van der Waals surface area contributed by atoms with Gasteiger partial charge in [-0.1, -0.05) is 67.7 Å². The zero-order valence-corrected chi connectivity index (χ0v) is 21.0. The van der Waals surface area contributed by atoms with Crippen LogP contribution < -0.4 is 0 Å². The van der Waals surface area contributed by atoms with Crippen LogP contribution in [0.5, 0.6) is 0 Å². The van der Waals surface area contributed by atoms with Crippen LogP contribution in [0, 0.1) is 0 Å². The lowest BCUT2D eigenvalue weighted by Gasteiger charge is -2.11. The standard InChI is InChI=1S/C28H40O7/c1-3-4-5-6-7-8-9-10-11-12-13-14-15-16-17-18-19-20-27(31)34-23-25(29)24-35-28(32)22-21-26(30)33-2/h4-5,7-8,10-11,13-14,16-17,21-22,25,29H,3,6,9,12,15,18-20,23-24H2,1-2H3/b5-4-,8-7-,11-10-,14-13-,17-16-,22-21+. The van der Waals surface area contributed by atoms with Gasteiger partial charge in [0.05, 0.1) is 7.11 Å². The van der Waals surface area contributed by atoms with Crippen molar-refractivity contribution >= 4 is 17.9 Å². The average molecular weight is 489 g/mol. The van der Waals surface area contributed by atoms with E-state index < -0.39 is 24.0 Å². The number of hydrogen-bond acceptors (Lipinski definition) is 7. The first-order chi connectivity index (χ1) is 17.0. The Morgan fingerprint density at radius 1 is 0.714 bits per heavy atom. The first-order valence-electron chi connectivity index (χ1n) is 12.0. The molecule has 0 aliphatic heterocycles. The summed E-state index contributed by atoms with van der Waals surface area (Å²) in [6, 6.07) is 0. The lowest BCUT2D eigenvalue weighted by molar-refractivity contribution is -0.150. The van der Waals surface area contributed by atoms with Crippen LogP contribution in [0.4, 0.5) is 0 Å². The lowest BCUT2D eigenvalue weighted by atomic mass is 10.2. The lowest BCUT2D eigenvalue weighted by Crippen LogP contribution is -2.25. The molecule has 0 aromatic rings. The largest absolute Gasteiger partial charge is 0.466 e. The van der Waals surface area contributed by atoms with Crippen LogP contribution in [0.25, 0.3) is 0 Å². The second kappa shape index (κ2) is 24.0. The molecule has 0 amide bonds. The van der Waals surface area contributed by atoms with E-state index >= 15 is 0 Å². The van der Waals surface area contributed by atoms with Crippen molar-refractivity contribution in [2.75, 3.05) is 20.3 Å². The van der Waals surface area contributed by atoms with Crippen LogP contribution in [0.2, 0.25) is 0 Å². The van der Waals surface area contributed by atoms with Gasteiger partial charge >= 0.3 is 17.9 Å². The SMILES string of the molecule is CC/C=C\C/C=C\C/C=C\C/C=C\C/C=C\CCCC(=O)OCC(O)COC(=O)/C=C/C(=O)OC. The maximum absolute atomic E-state index is 11.7. The quantitative estimate of drug-likeness (QED) is 0.0889. The molecule has 0 rings (SSSR count). The second-order valence-corrected chi connectivity index (χ2v) is 7.42. The Labute approximate surface area is 209 Å². The highest BCUT2D eigenvalue weighted by atomic mass is 16.6. The Balaban J connectivity index is 3.72. The van der Waals surface area contributed by atoms with Gasteiger partial charge in [-0.05, 0) is 44.9 Å². The van der Waals surface area contributed by atoms with Crippen molar-refractivity contribution in [1.29, 1.82) is 0 Å². The highest BCUT2D eigenvalue weighted by Gasteiger charge is 2.11. The summed E-state index contributed by atoms with van der Waals surface area (Å²) in [6.07, 6.45) is 28.4. The molecule has 0 saturated heterocycles. The topological polar surface area (TPSA) is 99.1 Å². The van der Waals surface area contributed by atoms with Gasteiger partial charge in [-0.3, -0.25) is 4.79 Å². The number of rotatable bonds is 19. The summed E-state index contributed by atoms with van der Waals surface area (Å²) < 4.78 is 14.0. The predicted octanol–water partition coefficient (Wildman–Crippen LogP) is 5.08. The Morgan fingerprint density at radius 2 is 1.20 bits per heavy atom. The van der Waals surface area contributed by atoms with Gasteiger partial charge in [0.1, 0.15) is 19.3 Å². The fraction of sp³-hybridized carbons (Fsp3) is 0.464. The molecule has 1 unspecified atom stereocenters. The highest BCUT2D eigenvalue weighted by Crippen LogP contribution is 2.02. The van der Waals surface area contributed by atoms with Crippen molar-refractivity contribution < 1.29 is 33.7 Å². The van der Waals surface area contributed by atoms with Gasteiger partial charge in [0, 0.05) is 18.6 Å². The summed E-state index contributed by atoms with van der Waals surface area (Å²) in [4.78, 5) is 33.9. The maximum Gasteiger partial charge on any atom is 0.331 e. The molecule has 0 saturated carbocycles. The molecule has 0 aliphatic carbocycles. The molecule has 0 radical (unpaired) electrons. The van der Waals surface area contributed by atoms with E-state index in [-0.39, 0.29) is 19.6 Å². The van der Waals surface area contributed by atoms with Crippen LogP contribution in [0.3, 0.4) is 0 Å². The molecule has 0 heterocycles. The van der Waals surface area contributed by atoms with E-state index in [4.69, 9.17) is 9.47 Å².